The number of halogens is 1. The Hall–Kier alpha value is -0.301. The molecular weight excluding hydrogens is 1200 g/mol. The van der Waals surface area contributed by atoms with Crippen LogP contribution >= 0.6 is 11.6 Å². The number of nitrogens with one attached hydrogen (secondary N) is 2. The van der Waals surface area contributed by atoms with Gasteiger partial charge in [0.25, 0.3) is 0 Å². The van der Waals surface area contributed by atoms with Gasteiger partial charge in [0.15, 0.2) is 9.84 Å². The number of hydrogen-bond acceptors (Lipinski definition) is 26. The molecule has 0 aliphatic carbocycles. The second-order valence-electron chi connectivity index (χ2n) is 12.6. The molecule has 71 heavy (non-hydrogen) atoms. The molecule has 355 valence electrons. The second-order valence-corrected chi connectivity index (χ2v) is 21.6. The van der Waals surface area contributed by atoms with Gasteiger partial charge in [-0.1, -0.05) is 23.6 Å². The first-order chi connectivity index (χ1) is 29.8. The maximum atomic E-state index is 14.1. The molecule has 0 aliphatic heterocycles. The number of fused-ring (bicyclic) bond motifs is 2. The van der Waals surface area contributed by atoms with Crippen molar-refractivity contribution in [3.63, 3.8) is 0 Å². The molecule has 0 aliphatic rings. The van der Waals surface area contributed by atoms with E-state index < -0.39 is 160 Å². The Balaban J connectivity index is 0.00000817. The molecule has 2 N–H and O–H groups in total. The number of aromatic nitrogens is 3. The third-order valence-electron chi connectivity index (χ3n) is 8.36. The van der Waals surface area contributed by atoms with Crippen LogP contribution in [0.5, 0.6) is 11.5 Å². The second kappa shape index (κ2) is 26.8. The predicted octanol–water partition coefficient (Wildman–Crippen LogP) is -14.8. The molecule has 27 nitrogen and oxygen atoms in total. The summed E-state index contributed by atoms with van der Waals surface area (Å²) >= 11 is 6.09. The molecule has 0 spiro atoms. The normalized spacial score (nSPS) is 12.4. The smallest absolute Gasteiger partial charge is 0.871 e. The molecule has 40 heteroatoms. The van der Waals surface area contributed by atoms with Gasteiger partial charge in [0, 0.05) is 11.1 Å². The fourth-order valence-electron chi connectivity index (χ4n) is 5.73. The predicted molar refractivity (Wildman–Crippen MR) is 207 cm³/mol. The molecule has 0 amide bonds. The molecule has 6 rings (SSSR count). The summed E-state index contributed by atoms with van der Waals surface area (Å²) in [5.41, 5.74) is -4.19. The zero-order valence-electron chi connectivity index (χ0n) is 36.3. The first kappa shape index (κ1) is 70.7. The Labute approximate surface area is 528 Å². The van der Waals surface area contributed by atoms with Gasteiger partial charge in [-0.3, -0.25) is 9.17 Å². The van der Waals surface area contributed by atoms with Crippen LogP contribution in [0.15, 0.2) is 106 Å². The average Bonchev–Trinajstić information content (AvgIpc) is 3.15. The fraction of sp³-hybridized carbons (Fsp3) is 0.0645. The van der Waals surface area contributed by atoms with Crippen molar-refractivity contribution in [1.29, 1.82) is 0 Å². The molecule has 1 heterocycles. The van der Waals surface area contributed by atoms with Crippen molar-refractivity contribution in [1.82, 2.24) is 15.0 Å². The third-order valence-corrected chi connectivity index (χ3v) is 14.1. The van der Waals surface area contributed by atoms with E-state index in [-0.39, 0.29) is 182 Å². The Morgan fingerprint density at radius 1 is 0.620 bits per heavy atom. The number of hydrogen-bond donors (Lipinski definition) is 2. The molecule has 1 radical (unpaired) electrons. The van der Waals surface area contributed by atoms with Crippen LogP contribution in [0.2, 0.25) is 5.28 Å². The quantitative estimate of drug-likeness (QED) is 0.0442. The van der Waals surface area contributed by atoms with Crippen LogP contribution in [0, 0.1) is 0 Å². The summed E-state index contributed by atoms with van der Waals surface area (Å²) in [4.78, 5) is 8.43. The van der Waals surface area contributed by atoms with Crippen molar-refractivity contribution in [2.75, 3.05) is 17.7 Å². The Morgan fingerprint density at radius 3 is 1.73 bits per heavy atom. The molecule has 0 saturated heterocycles. The molecule has 1 aromatic heterocycles. The number of azo groups is 1. The van der Waals surface area contributed by atoms with E-state index in [9.17, 15) is 83.5 Å². The van der Waals surface area contributed by atoms with Crippen LogP contribution < -0.4 is 169 Å². The summed E-state index contributed by atoms with van der Waals surface area (Å²) in [5, 5.41) is 32.7. The van der Waals surface area contributed by atoms with Gasteiger partial charge < -0.3 is 38.3 Å². The van der Waals surface area contributed by atoms with Gasteiger partial charge in [-0.05, 0) is 82.4 Å². The van der Waals surface area contributed by atoms with Crippen LogP contribution in [0.3, 0.4) is 0 Å². The minimum absolute atomic E-state index is 0. The van der Waals surface area contributed by atoms with Crippen molar-refractivity contribution in [2.24, 2.45) is 15.2 Å². The number of rotatable bonds is 14. The third kappa shape index (κ3) is 17.6. The summed E-state index contributed by atoms with van der Waals surface area (Å²) in [7, 11) is -31.9. The van der Waals surface area contributed by atoms with Gasteiger partial charge in [0.1, 0.15) is 40.5 Å². The first-order valence-corrected chi connectivity index (χ1v) is 25.6. The molecule has 0 saturated carbocycles. The minimum Gasteiger partial charge on any atom is -0.871 e. The minimum atomic E-state index is -5.87. The molecular formula is C31H17ClCuN7Na5O20S6. The van der Waals surface area contributed by atoms with Crippen molar-refractivity contribution < 1.29 is 253 Å². The van der Waals surface area contributed by atoms with Crippen LogP contribution in [0.1, 0.15) is 0 Å². The molecule has 0 bridgehead atoms. The number of nitrogens with zero attached hydrogens (tertiary/aromatic N) is 5. The van der Waals surface area contributed by atoms with Crippen molar-refractivity contribution >= 4 is 123 Å². The van der Waals surface area contributed by atoms with Gasteiger partial charge in [-0.15, -0.1) is 5.11 Å². The van der Waals surface area contributed by atoms with E-state index in [0.29, 0.717) is 24.3 Å². The monoisotopic (exact) mass is 1210 g/mol. The zero-order valence-corrected chi connectivity index (χ0v) is 52.9. The summed E-state index contributed by atoms with van der Waals surface area (Å²) < 4.78 is 207. The number of aromatic amines is 1. The topological polar surface area (TPSA) is 466 Å². The Morgan fingerprint density at radius 2 is 1.20 bits per heavy atom. The zero-order chi connectivity index (χ0) is 48.2. The summed E-state index contributed by atoms with van der Waals surface area (Å²) in [6.45, 7) is -0.975. The summed E-state index contributed by atoms with van der Waals surface area (Å²) in [6, 6.07) is 8.20. The summed E-state index contributed by atoms with van der Waals surface area (Å²) in [5.74, 6) is -4.58. The van der Waals surface area contributed by atoms with Gasteiger partial charge in [0.05, 0.1) is 53.9 Å². The molecule has 6 aromatic rings. The Kier molecular flexibility index (Phi) is 26.7. The maximum Gasteiger partial charge on any atom is 2.00 e. The number of benzene rings is 5. The molecule has 0 fully saturated rings. The number of sulfone groups is 1. The van der Waals surface area contributed by atoms with Gasteiger partial charge >= 0.3 is 165 Å². The van der Waals surface area contributed by atoms with E-state index in [1.54, 1.807) is 0 Å². The van der Waals surface area contributed by atoms with E-state index in [4.69, 9.17) is 11.6 Å². The van der Waals surface area contributed by atoms with Crippen LogP contribution in [-0.4, -0.2) is 101 Å². The van der Waals surface area contributed by atoms with Crippen LogP contribution in [0.4, 0.5) is 28.7 Å². The van der Waals surface area contributed by atoms with Crippen molar-refractivity contribution in [3.05, 3.63) is 77.6 Å². The SMILES string of the molecule is O=S(=O)([O-])OCCS(=O)(=O)c1ccc(Nc2nc(Cl)[nH]c(=Nc3cc(S(=O)(=O)[O-])cc4cc(S(=O)(=O)[O-])c(N=Nc5cc(S(=O)(=O)[O-])c6cccc(S(=O)(=O)[O-])c6c5[O-])c([O-])c34)n2)cc1.[Cu+2].[Na+].[Na+].[Na+].[Na+].[Na+]. The summed E-state index contributed by atoms with van der Waals surface area (Å²) in [6.07, 6.45) is 0. The Bertz CT molecular complexity index is 3830. The van der Waals surface area contributed by atoms with Gasteiger partial charge in [-0.25, -0.2) is 55.5 Å². The largest absolute Gasteiger partial charge is 2.00 e. The van der Waals surface area contributed by atoms with E-state index in [0.717, 1.165) is 24.3 Å². The molecule has 5 aromatic carbocycles. The molecule has 0 atom stereocenters. The van der Waals surface area contributed by atoms with E-state index in [2.05, 4.69) is 39.7 Å². The van der Waals surface area contributed by atoms with Crippen molar-refractivity contribution in [2.45, 2.75) is 24.5 Å². The van der Waals surface area contributed by atoms with Crippen molar-refractivity contribution in [3.8, 4) is 11.5 Å². The van der Waals surface area contributed by atoms with E-state index >= 15 is 0 Å². The number of anilines is 2. The van der Waals surface area contributed by atoms with Gasteiger partial charge in [-0.2, -0.15) is 15.1 Å². The fourth-order valence-corrected chi connectivity index (χ4v) is 9.94. The average molecular weight is 1210 g/mol. The van der Waals surface area contributed by atoms with Crippen LogP contribution in [-0.2, 0) is 82.0 Å². The standard InChI is InChI=1S/C31H24ClN7O20S6.Cu.5Na/c32-29-35-30(33-15-4-6-16(7-5-15)60(42,43)9-8-59-65(56,57)58)37-31(36-29)34-19-12-17(61(44,45)46)10-14-11-23(64(53,54)55)26(28(41)24(14)19)39-38-20-13-22(63(50,51)52)18-2-1-3-21(62(47,48)49)25(18)27(20)40;;;;;;/h1-7,10-13,40-41H,8-9H2,(H,44,45,46)(H,47,48,49)(H,50,51,52)(H,53,54,55)(H,56,57,58)(H2,33,34,35,36,37);;;;;;/q;+2;5*+1/p-7. The first-order valence-electron chi connectivity index (χ1n) is 16.6. The van der Waals surface area contributed by atoms with E-state index in [1.807, 2.05) is 0 Å². The molecule has 0 unspecified atom stereocenters. The van der Waals surface area contributed by atoms with Crippen LogP contribution in [0.25, 0.3) is 21.5 Å². The van der Waals surface area contributed by atoms with Gasteiger partial charge in [0.2, 0.25) is 27.2 Å². The number of H-pyrrole nitrogens is 1. The maximum absolute atomic E-state index is 14.1. The van der Waals surface area contributed by atoms with E-state index in [1.165, 1.54) is 12.1 Å².